The highest BCUT2D eigenvalue weighted by atomic mass is 19.1. The van der Waals surface area contributed by atoms with Crippen LogP contribution in [-0.4, -0.2) is 22.2 Å². The molecule has 1 aliphatic rings. The molecule has 2 atom stereocenters. The number of aliphatic hydroxyl groups is 1. The average molecular weight is 255 g/mol. The molecule has 0 aromatic heterocycles. The molecule has 2 unspecified atom stereocenters. The molecule has 6 heteroatoms. The first-order chi connectivity index (χ1) is 8.58. The van der Waals surface area contributed by atoms with Gasteiger partial charge in [-0.05, 0) is 25.3 Å². The van der Waals surface area contributed by atoms with Crippen LogP contribution in [0.3, 0.4) is 0 Å². The Balaban J connectivity index is 2.21. The summed E-state index contributed by atoms with van der Waals surface area (Å²) in [5.41, 5.74) is -0.283. The number of aliphatic hydroxyl groups excluding tert-OH is 1. The van der Waals surface area contributed by atoms with Crippen molar-refractivity contribution in [3.05, 3.63) is 34.1 Å². The number of nitro benzene ring substituents is 1. The maximum atomic E-state index is 13.1. The standard InChI is InChI=1S/C12H14FNO4/c13-8-5-6-9(14(16)17)12(7-8)18-11-4-2-1-3-10(11)15/h5-7,10-11,15H,1-4H2. The molecule has 0 saturated heterocycles. The second-order valence-corrected chi connectivity index (χ2v) is 4.38. The van der Waals surface area contributed by atoms with Gasteiger partial charge in [0.05, 0.1) is 11.0 Å². The van der Waals surface area contributed by atoms with E-state index in [-0.39, 0.29) is 11.4 Å². The summed E-state index contributed by atoms with van der Waals surface area (Å²) in [6, 6.07) is 3.07. The summed E-state index contributed by atoms with van der Waals surface area (Å²) in [4.78, 5) is 10.2. The molecule has 1 aromatic carbocycles. The van der Waals surface area contributed by atoms with Crippen LogP contribution in [-0.2, 0) is 0 Å². The lowest BCUT2D eigenvalue weighted by atomic mass is 9.95. The average Bonchev–Trinajstić information content (AvgIpc) is 2.32. The topological polar surface area (TPSA) is 72.6 Å². The minimum atomic E-state index is -0.651. The molecule has 0 radical (unpaired) electrons. The van der Waals surface area contributed by atoms with E-state index in [1.165, 1.54) is 0 Å². The monoisotopic (exact) mass is 255 g/mol. The lowest BCUT2D eigenvalue weighted by Gasteiger charge is -2.27. The van der Waals surface area contributed by atoms with E-state index < -0.39 is 22.9 Å². The number of hydrogen-bond donors (Lipinski definition) is 1. The van der Waals surface area contributed by atoms with Gasteiger partial charge in [0.2, 0.25) is 0 Å². The number of hydrogen-bond acceptors (Lipinski definition) is 4. The van der Waals surface area contributed by atoms with E-state index >= 15 is 0 Å². The van der Waals surface area contributed by atoms with Crippen LogP contribution in [0.15, 0.2) is 18.2 Å². The highest BCUT2D eigenvalue weighted by Gasteiger charge is 2.27. The number of halogens is 1. The SMILES string of the molecule is O=[N+]([O-])c1ccc(F)cc1OC1CCCCC1O. The third-order valence-corrected chi connectivity index (χ3v) is 3.06. The summed E-state index contributed by atoms with van der Waals surface area (Å²) in [5, 5.41) is 20.5. The van der Waals surface area contributed by atoms with Crippen molar-refractivity contribution >= 4 is 5.69 Å². The van der Waals surface area contributed by atoms with Gasteiger partial charge in [0.15, 0.2) is 5.75 Å². The fraction of sp³-hybridized carbons (Fsp3) is 0.500. The van der Waals surface area contributed by atoms with Crippen molar-refractivity contribution in [1.82, 2.24) is 0 Å². The van der Waals surface area contributed by atoms with Gasteiger partial charge in [-0.1, -0.05) is 6.42 Å². The van der Waals surface area contributed by atoms with Gasteiger partial charge < -0.3 is 9.84 Å². The molecule has 0 bridgehead atoms. The molecule has 0 spiro atoms. The molecule has 18 heavy (non-hydrogen) atoms. The van der Waals surface area contributed by atoms with Crippen molar-refractivity contribution in [2.75, 3.05) is 0 Å². The molecular formula is C12H14FNO4. The molecule has 0 heterocycles. The Morgan fingerprint density at radius 3 is 2.78 bits per heavy atom. The summed E-state index contributed by atoms with van der Waals surface area (Å²) < 4.78 is 18.5. The minimum absolute atomic E-state index is 0.119. The van der Waals surface area contributed by atoms with Crippen LogP contribution in [0, 0.1) is 15.9 Å². The van der Waals surface area contributed by atoms with Gasteiger partial charge in [0, 0.05) is 12.1 Å². The molecule has 0 aliphatic heterocycles. The first-order valence-electron chi connectivity index (χ1n) is 5.86. The molecule has 1 N–H and O–H groups in total. The summed E-state index contributed by atoms with van der Waals surface area (Å²) in [5.74, 6) is -0.716. The van der Waals surface area contributed by atoms with Crippen LogP contribution in [0.2, 0.25) is 0 Å². The second-order valence-electron chi connectivity index (χ2n) is 4.38. The molecule has 5 nitrogen and oxygen atoms in total. The van der Waals surface area contributed by atoms with Crippen LogP contribution >= 0.6 is 0 Å². The van der Waals surface area contributed by atoms with Crippen molar-refractivity contribution in [3.8, 4) is 5.75 Å². The fourth-order valence-corrected chi connectivity index (χ4v) is 2.11. The number of nitrogens with zero attached hydrogens (tertiary/aromatic N) is 1. The molecule has 1 saturated carbocycles. The normalized spacial score (nSPS) is 23.7. The zero-order chi connectivity index (χ0) is 13.1. The molecule has 98 valence electrons. The van der Waals surface area contributed by atoms with Gasteiger partial charge in [-0.2, -0.15) is 0 Å². The van der Waals surface area contributed by atoms with Gasteiger partial charge in [-0.25, -0.2) is 4.39 Å². The van der Waals surface area contributed by atoms with Gasteiger partial charge in [-0.15, -0.1) is 0 Å². The molecule has 0 amide bonds. The van der Waals surface area contributed by atoms with Crippen LogP contribution in [0.5, 0.6) is 5.75 Å². The van der Waals surface area contributed by atoms with E-state index in [4.69, 9.17) is 4.74 Å². The van der Waals surface area contributed by atoms with Crippen molar-refractivity contribution < 1.29 is 19.2 Å². The van der Waals surface area contributed by atoms with Crippen LogP contribution in [0.1, 0.15) is 25.7 Å². The smallest absolute Gasteiger partial charge is 0.311 e. The number of benzene rings is 1. The lowest BCUT2D eigenvalue weighted by Crippen LogP contribution is -2.34. The number of ether oxygens (including phenoxy) is 1. The van der Waals surface area contributed by atoms with E-state index in [1.807, 2.05) is 0 Å². The summed E-state index contributed by atoms with van der Waals surface area (Å²) >= 11 is 0. The lowest BCUT2D eigenvalue weighted by molar-refractivity contribution is -0.386. The summed E-state index contributed by atoms with van der Waals surface area (Å²) in [6.07, 6.45) is 1.88. The Bertz CT molecular complexity index is 452. The molecular weight excluding hydrogens is 241 g/mol. The maximum Gasteiger partial charge on any atom is 0.311 e. The zero-order valence-corrected chi connectivity index (χ0v) is 9.71. The maximum absolute atomic E-state index is 13.1. The predicted molar refractivity (Wildman–Crippen MR) is 61.9 cm³/mol. The Labute approximate surface area is 103 Å². The highest BCUT2D eigenvalue weighted by molar-refractivity contribution is 5.46. The van der Waals surface area contributed by atoms with E-state index in [0.717, 1.165) is 31.0 Å². The van der Waals surface area contributed by atoms with E-state index in [9.17, 15) is 19.6 Å². The molecule has 1 fully saturated rings. The number of rotatable bonds is 3. The molecule has 1 aliphatic carbocycles. The Morgan fingerprint density at radius 2 is 2.11 bits per heavy atom. The predicted octanol–water partition coefficient (Wildman–Crippen LogP) is 2.42. The zero-order valence-electron chi connectivity index (χ0n) is 9.71. The Kier molecular flexibility index (Phi) is 3.76. The van der Waals surface area contributed by atoms with Crippen LogP contribution in [0.25, 0.3) is 0 Å². The molecule has 1 aromatic rings. The van der Waals surface area contributed by atoms with Gasteiger partial charge in [-0.3, -0.25) is 10.1 Å². The Hall–Kier alpha value is -1.69. The third kappa shape index (κ3) is 2.76. The second kappa shape index (κ2) is 5.30. The Morgan fingerprint density at radius 1 is 1.39 bits per heavy atom. The largest absolute Gasteiger partial charge is 0.481 e. The van der Waals surface area contributed by atoms with Crippen LogP contribution < -0.4 is 4.74 Å². The van der Waals surface area contributed by atoms with E-state index in [1.54, 1.807) is 0 Å². The van der Waals surface area contributed by atoms with Crippen LogP contribution in [0.4, 0.5) is 10.1 Å². The van der Waals surface area contributed by atoms with Gasteiger partial charge in [0.1, 0.15) is 11.9 Å². The van der Waals surface area contributed by atoms with Crippen molar-refractivity contribution in [1.29, 1.82) is 0 Å². The van der Waals surface area contributed by atoms with Crippen molar-refractivity contribution in [3.63, 3.8) is 0 Å². The summed E-state index contributed by atoms with van der Waals surface area (Å²) in [6.45, 7) is 0. The number of nitro groups is 1. The van der Waals surface area contributed by atoms with Crippen molar-refractivity contribution in [2.24, 2.45) is 0 Å². The quantitative estimate of drug-likeness (QED) is 0.665. The molecule has 2 rings (SSSR count). The van der Waals surface area contributed by atoms with E-state index in [2.05, 4.69) is 0 Å². The van der Waals surface area contributed by atoms with Crippen molar-refractivity contribution in [2.45, 2.75) is 37.9 Å². The van der Waals surface area contributed by atoms with Gasteiger partial charge >= 0.3 is 5.69 Å². The summed E-state index contributed by atoms with van der Waals surface area (Å²) in [7, 11) is 0. The first-order valence-corrected chi connectivity index (χ1v) is 5.86. The van der Waals surface area contributed by atoms with E-state index in [0.29, 0.717) is 12.8 Å². The first kappa shape index (κ1) is 12.8. The third-order valence-electron chi connectivity index (χ3n) is 3.06. The fourth-order valence-electron chi connectivity index (χ4n) is 2.11. The minimum Gasteiger partial charge on any atom is -0.481 e. The van der Waals surface area contributed by atoms with Gasteiger partial charge in [0.25, 0.3) is 0 Å². The highest BCUT2D eigenvalue weighted by Crippen LogP contribution is 2.31.